The molecule has 1 atom stereocenters. The van der Waals surface area contributed by atoms with Crippen molar-refractivity contribution in [2.75, 3.05) is 39.2 Å². The van der Waals surface area contributed by atoms with E-state index in [0.29, 0.717) is 49.0 Å². The molecule has 9 nitrogen and oxygen atoms in total. The van der Waals surface area contributed by atoms with Gasteiger partial charge in [-0.15, -0.1) is 0 Å². The van der Waals surface area contributed by atoms with Gasteiger partial charge in [0, 0.05) is 60.3 Å². The second-order valence-electron chi connectivity index (χ2n) is 8.45. The zero-order valence-corrected chi connectivity index (χ0v) is 20.0. The number of morpholine rings is 1. The quantitative estimate of drug-likeness (QED) is 0.407. The Labute approximate surface area is 207 Å². The van der Waals surface area contributed by atoms with Crippen LogP contribution in [0.15, 0.2) is 54.9 Å². The van der Waals surface area contributed by atoms with Crippen molar-refractivity contribution in [2.24, 2.45) is 0 Å². The molecule has 3 heterocycles. The van der Waals surface area contributed by atoms with Crippen LogP contribution in [0.25, 0.3) is 22.2 Å². The van der Waals surface area contributed by atoms with Crippen molar-refractivity contribution in [1.82, 2.24) is 20.1 Å². The standard InChI is InChI=1S/C26H26FN5O4/c1-34-22-11-17(20(27)13-23(22)35-2)14-32-9-10-36-24(15-32)26(33)29-18-3-4-21-19(12-18)25(31-30-21)16-5-7-28-8-6-16/h3-8,11-13,24H,9-10,14-15H2,1-2H3,(H,29,33)(H,30,31). The fraction of sp³-hybridized carbons (Fsp3) is 0.269. The third-order valence-electron chi connectivity index (χ3n) is 6.17. The number of ether oxygens (including phenoxy) is 3. The third-order valence-corrected chi connectivity index (χ3v) is 6.17. The van der Waals surface area contributed by atoms with Gasteiger partial charge in [-0.1, -0.05) is 0 Å². The van der Waals surface area contributed by atoms with E-state index in [4.69, 9.17) is 14.2 Å². The molecule has 4 aromatic rings. The fourth-order valence-electron chi connectivity index (χ4n) is 4.31. The number of anilines is 1. The van der Waals surface area contributed by atoms with E-state index in [1.165, 1.54) is 20.3 Å². The van der Waals surface area contributed by atoms with Crippen LogP contribution in [0.4, 0.5) is 10.1 Å². The number of carbonyl (C=O) groups excluding carboxylic acids is 1. The number of rotatable bonds is 7. The number of benzene rings is 2. The number of pyridine rings is 1. The predicted octanol–water partition coefficient (Wildman–Crippen LogP) is 3.62. The lowest BCUT2D eigenvalue weighted by molar-refractivity contribution is -0.133. The molecule has 0 spiro atoms. The summed E-state index contributed by atoms with van der Waals surface area (Å²) in [6.45, 7) is 1.58. The first kappa shape index (κ1) is 23.7. The molecule has 186 valence electrons. The molecule has 1 unspecified atom stereocenters. The first-order valence-electron chi connectivity index (χ1n) is 11.5. The lowest BCUT2D eigenvalue weighted by Crippen LogP contribution is -2.47. The minimum absolute atomic E-state index is 0.263. The van der Waals surface area contributed by atoms with E-state index in [9.17, 15) is 9.18 Å². The summed E-state index contributed by atoms with van der Waals surface area (Å²) in [6.07, 6.45) is 2.73. The number of H-pyrrole nitrogens is 1. The van der Waals surface area contributed by atoms with Crippen molar-refractivity contribution in [3.63, 3.8) is 0 Å². The molecule has 0 bridgehead atoms. The van der Waals surface area contributed by atoms with Crippen LogP contribution in [0.2, 0.25) is 0 Å². The number of aromatic nitrogens is 3. The first-order valence-corrected chi connectivity index (χ1v) is 11.5. The van der Waals surface area contributed by atoms with Gasteiger partial charge in [0.15, 0.2) is 11.5 Å². The van der Waals surface area contributed by atoms with E-state index in [1.54, 1.807) is 18.5 Å². The molecule has 1 aliphatic rings. The highest BCUT2D eigenvalue weighted by Gasteiger charge is 2.28. The van der Waals surface area contributed by atoms with Crippen LogP contribution < -0.4 is 14.8 Å². The molecule has 0 radical (unpaired) electrons. The van der Waals surface area contributed by atoms with E-state index >= 15 is 0 Å². The summed E-state index contributed by atoms with van der Waals surface area (Å²) in [5.41, 5.74) is 3.66. The molecular formula is C26H26FN5O4. The number of carbonyl (C=O) groups is 1. The Morgan fingerprint density at radius 3 is 2.72 bits per heavy atom. The Balaban J connectivity index is 1.28. The number of aromatic amines is 1. The van der Waals surface area contributed by atoms with Gasteiger partial charge in [0.2, 0.25) is 0 Å². The molecule has 2 N–H and O–H groups in total. The highest BCUT2D eigenvalue weighted by atomic mass is 19.1. The summed E-state index contributed by atoms with van der Waals surface area (Å²) in [7, 11) is 2.97. The van der Waals surface area contributed by atoms with E-state index < -0.39 is 11.9 Å². The average molecular weight is 492 g/mol. The Morgan fingerprint density at radius 1 is 1.17 bits per heavy atom. The van der Waals surface area contributed by atoms with Gasteiger partial charge in [-0.25, -0.2) is 4.39 Å². The molecule has 0 aliphatic carbocycles. The molecule has 5 rings (SSSR count). The molecule has 1 saturated heterocycles. The van der Waals surface area contributed by atoms with Crippen molar-refractivity contribution in [1.29, 1.82) is 0 Å². The highest BCUT2D eigenvalue weighted by molar-refractivity contribution is 5.99. The molecule has 36 heavy (non-hydrogen) atoms. The van der Waals surface area contributed by atoms with Crippen LogP contribution in [-0.4, -0.2) is 66.0 Å². The molecule has 2 aromatic heterocycles. The van der Waals surface area contributed by atoms with Crippen LogP contribution in [0.5, 0.6) is 11.5 Å². The van der Waals surface area contributed by atoms with E-state index in [2.05, 4.69) is 20.5 Å². The number of hydrogen-bond donors (Lipinski definition) is 2. The van der Waals surface area contributed by atoms with Gasteiger partial charge in [-0.3, -0.25) is 19.8 Å². The van der Waals surface area contributed by atoms with E-state index in [-0.39, 0.29) is 5.91 Å². The van der Waals surface area contributed by atoms with E-state index in [1.807, 2.05) is 35.2 Å². The Morgan fingerprint density at radius 2 is 1.94 bits per heavy atom. The zero-order chi connectivity index (χ0) is 25.1. The highest BCUT2D eigenvalue weighted by Crippen LogP contribution is 2.31. The summed E-state index contributed by atoms with van der Waals surface area (Å²) < 4.78 is 30.8. The third kappa shape index (κ3) is 4.86. The fourth-order valence-corrected chi connectivity index (χ4v) is 4.31. The van der Waals surface area contributed by atoms with Crippen LogP contribution in [0, 0.1) is 5.82 Å². The first-order chi connectivity index (χ1) is 17.6. The number of nitrogens with zero attached hydrogens (tertiary/aromatic N) is 3. The smallest absolute Gasteiger partial charge is 0.254 e. The molecule has 1 aliphatic heterocycles. The Hall–Kier alpha value is -4.02. The van der Waals surface area contributed by atoms with Crippen LogP contribution in [0.1, 0.15) is 5.56 Å². The van der Waals surface area contributed by atoms with Crippen molar-refractivity contribution < 1.29 is 23.4 Å². The molecule has 0 saturated carbocycles. The normalized spacial score (nSPS) is 16.1. The predicted molar refractivity (Wildman–Crippen MR) is 132 cm³/mol. The Bertz CT molecular complexity index is 1380. The Kier molecular flexibility index (Phi) is 6.79. The van der Waals surface area contributed by atoms with Crippen molar-refractivity contribution in [2.45, 2.75) is 12.6 Å². The number of amides is 1. The van der Waals surface area contributed by atoms with Crippen LogP contribution >= 0.6 is 0 Å². The minimum atomic E-state index is -0.693. The molecular weight excluding hydrogens is 465 g/mol. The number of nitrogens with one attached hydrogen (secondary N) is 2. The van der Waals surface area contributed by atoms with Crippen molar-refractivity contribution in [3.8, 4) is 22.8 Å². The van der Waals surface area contributed by atoms with Crippen molar-refractivity contribution >= 4 is 22.5 Å². The zero-order valence-electron chi connectivity index (χ0n) is 20.0. The van der Waals surface area contributed by atoms with Gasteiger partial charge in [0.1, 0.15) is 17.6 Å². The molecule has 2 aromatic carbocycles. The summed E-state index contributed by atoms with van der Waals surface area (Å²) in [5, 5.41) is 11.3. The molecule has 1 fully saturated rings. The summed E-state index contributed by atoms with van der Waals surface area (Å²) in [6, 6.07) is 12.3. The topological polar surface area (TPSA) is 102 Å². The number of methoxy groups -OCH3 is 2. The van der Waals surface area contributed by atoms with Gasteiger partial charge in [-0.2, -0.15) is 5.10 Å². The van der Waals surface area contributed by atoms with Crippen LogP contribution in [0.3, 0.4) is 0 Å². The summed E-state index contributed by atoms with van der Waals surface area (Å²) >= 11 is 0. The van der Waals surface area contributed by atoms with Gasteiger partial charge in [0.25, 0.3) is 5.91 Å². The molecule has 1 amide bonds. The van der Waals surface area contributed by atoms with Gasteiger partial charge < -0.3 is 19.5 Å². The second-order valence-corrected chi connectivity index (χ2v) is 8.45. The minimum Gasteiger partial charge on any atom is -0.493 e. The SMILES string of the molecule is COc1cc(F)c(CN2CCOC(C(=O)Nc3ccc4[nH]nc(-c5ccncc5)c4c3)C2)cc1OC. The maximum atomic E-state index is 14.6. The monoisotopic (exact) mass is 491 g/mol. The molecule has 10 heteroatoms. The van der Waals surface area contributed by atoms with E-state index in [0.717, 1.165) is 22.2 Å². The van der Waals surface area contributed by atoms with Gasteiger partial charge in [-0.05, 0) is 36.4 Å². The number of hydrogen-bond acceptors (Lipinski definition) is 7. The van der Waals surface area contributed by atoms with Gasteiger partial charge >= 0.3 is 0 Å². The van der Waals surface area contributed by atoms with Crippen molar-refractivity contribution in [3.05, 3.63) is 66.2 Å². The largest absolute Gasteiger partial charge is 0.493 e. The second kappa shape index (κ2) is 10.3. The van der Waals surface area contributed by atoms with Gasteiger partial charge in [0.05, 0.1) is 26.3 Å². The van der Waals surface area contributed by atoms with Crippen LogP contribution in [-0.2, 0) is 16.1 Å². The summed E-state index contributed by atoms with van der Waals surface area (Å²) in [5.74, 6) is 0.135. The number of halogens is 1. The summed E-state index contributed by atoms with van der Waals surface area (Å²) in [4.78, 5) is 19.1. The maximum absolute atomic E-state index is 14.6. The lowest BCUT2D eigenvalue weighted by atomic mass is 10.1. The maximum Gasteiger partial charge on any atom is 0.254 e. The average Bonchev–Trinajstić information content (AvgIpc) is 3.33. The number of fused-ring (bicyclic) bond motifs is 1. The lowest BCUT2D eigenvalue weighted by Gasteiger charge is -2.32.